The van der Waals surface area contributed by atoms with Gasteiger partial charge in [-0.25, -0.2) is 8.42 Å². The van der Waals surface area contributed by atoms with Crippen LogP contribution in [0.15, 0.2) is 87.6 Å². The SMILES string of the molecule is NC(N)=NCCCC(C=O)NC(=O)Cn1ccc(CCc2ccccc2)c(NS(=O)(=O)c2ccccc2)c1=O. The molecule has 1 aromatic heterocycles. The second-order valence-corrected chi connectivity index (χ2v) is 10.5. The Hall–Kier alpha value is -4.45. The number of nitrogens with one attached hydrogen (secondary N) is 2. The molecule has 1 unspecified atom stereocenters. The van der Waals surface area contributed by atoms with E-state index in [4.69, 9.17) is 11.5 Å². The van der Waals surface area contributed by atoms with Crippen LogP contribution in [0.4, 0.5) is 5.69 Å². The molecule has 11 nitrogen and oxygen atoms in total. The summed E-state index contributed by atoms with van der Waals surface area (Å²) in [6, 6.07) is 18.1. The first-order chi connectivity index (χ1) is 18.7. The monoisotopic (exact) mass is 552 g/mol. The zero-order chi connectivity index (χ0) is 28.3. The Morgan fingerprint density at radius 3 is 2.31 bits per heavy atom. The van der Waals surface area contributed by atoms with Gasteiger partial charge in [-0.3, -0.25) is 19.3 Å². The number of amides is 1. The molecule has 1 amide bonds. The minimum absolute atomic E-state index is 0.00102. The zero-order valence-electron chi connectivity index (χ0n) is 21.3. The third kappa shape index (κ3) is 8.82. The lowest BCUT2D eigenvalue weighted by molar-refractivity contribution is -0.124. The summed E-state index contributed by atoms with van der Waals surface area (Å²) in [5.74, 6) is -0.642. The largest absolute Gasteiger partial charge is 0.370 e. The minimum atomic E-state index is -4.07. The third-order valence-corrected chi connectivity index (χ3v) is 7.23. The van der Waals surface area contributed by atoms with Crippen LogP contribution < -0.4 is 27.1 Å². The lowest BCUT2D eigenvalue weighted by atomic mass is 10.0. The predicted octanol–water partition coefficient (Wildman–Crippen LogP) is 1.17. The number of aryl methyl sites for hydroxylation is 2. The maximum Gasteiger partial charge on any atom is 0.275 e. The molecule has 2 aromatic carbocycles. The van der Waals surface area contributed by atoms with E-state index in [2.05, 4.69) is 15.0 Å². The second kappa shape index (κ2) is 13.9. The van der Waals surface area contributed by atoms with Gasteiger partial charge in [0.2, 0.25) is 5.91 Å². The van der Waals surface area contributed by atoms with Crippen LogP contribution in [0, 0.1) is 0 Å². The van der Waals surface area contributed by atoms with Gasteiger partial charge in [0.25, 0.3) is 15.6 Å². The molecule has 0 bridgehead atoms. The van der Waals surface area contributed by atoms with Crippen molar-refractivity contribution < 1.29 is 18.0 Å². The number of carbonyl (C=O) groups is 2. The van der Waals surface area contributed by atoms with Gasteiger partial charge in [-0.2, -0.15) is 0 Å². The Balaban J connectivity index is 1.82. The fraction of sp³-hybridized carbons (Fsp3) is 0.259. The summed E-state index contributed by atoms with van der Waals surface area (Å²) in [6.45, 7) is -0.104. The average molecular weight is 553 g/mol. The summed E-state index contributed by atoms with van der Waals surface area (Å²) in [5.41, 5.74) is 11.3. The van der Waals surface area contributed by atoms with E-state index in [-0.39, 0.29) is 16.5 Å². The second-order valence-electron chi connectivity index (χ2n) is 8.81. The molecule has 0 aliphatic heterocycles. The van der Waals surface area contributed by atoms with E-state index in [1.807, 2.05) is 30.3 Å². The predicted molar refractivity (Wildman–Crippen MR) is 150 cm³/mol. The lowest BCUT2D eigenvalue weighted by Crippen LogP contribution is -2.40. The molecule has 206 valence electrons. The average Bonchev–Trinajstić information content (AvgIpc) is 2.93. The fourth-order valence-electron chi connectivity index (χ4n) is 3.87. The standard InChI is InChI=1S/C27H32N6O5S/c28-27(29)30-16-7-10-22(19-34)31-24(35)18-33-17-15-21(14-13-20-8-3-1-4-9-20)25(26(33)36)32-39(37,38)23-11-5-2-6-12-23/h1-6,8-9,11-12,15,17,19,22,32H,7,10,13-14,16,18H2,(H,31,35)(H4,28,29,30). The molecule has 39 heavy (non-hydrogen) atoms. The van der Waals surface area contributed by atoms with Crippen LogP contribution in [0.25, 0.3) is 0 Å². The van der Waals surface area contributed by atoms with Gasteiger partial charge in [0.1, 0.15) is 18.5 Å². The Bertz CT molecular complexity index is 1450. The van der Waals surface area contributed by atoms with E-state index >= 15 is 0 Å². The summed E-state index contributed by atoms with van der Waals surface area (Å²) >= 11 is 0. The summed E-state index contributed by atoms with van der Waals surface area (Å²) < 4.78 is 29.7. The number of anilines is 1. The van der Waals surface area contributed by atoms with Crippen molar-refractivity contribution in [3.8, 4) is 0 Å². The Morgan fingerprint density at radius 1 is 1.00 bits per heavy atom. The number of sulfonamides is 1. The molecular formula is C27H32N6O5S. The highest BCUT2D eigenvalue weighted by Gasteiger charge is 2.20. The topological polar surface area (TPSA) is 179 Å². The molecule has 1 heterocycles. The summed E-state index contributed by atoms with van der Waals surface area (Å²) in [5, 5.41) is 2.57. The first kappa shape index (κ1) is 29.1. The van der Waals surface area contributed by atoms with Crippen molar-refractivity contribution >= 4 is 33.9 Å². The Morgan fingerprint density at radius 2 is 1.67 bits per heavy atom. The number of nitrogens with two attached hydrogens (primary N) is 2. The minimum Gasteiger partial charge on any atom is -0.370 e. The number of benzene rings is 2. The fourth-order valence-corrected chi connectivity index (χ4v) is 4.99. The molecule has 0 spiro atoms. The summed E-state index contributed by atoms with van der Waals surface area (Å²) in [4.78, 5) is 41.3. The van der Waals surface area contributed by atoms with Crippen LogP contribution in [0.3, 0.4) is 0 Å². The van der Waals surface area contributed by atoms with Crippen LogP contribution in [-0.4, -0.2) is 43.7 Å². The quantitative estimate of drug-likeness (QED) is 0.100. The molecule has 0 saturated heterocycles. The van der Waals surface area contributed by atoms with Crippen LogP contribution in [0.5, 0.6) is 0 Å². The maximum atomic E-state index is 13.4. The van der Waals surface area contributed by atoms with E-state index in [9.17, 15) is 22.8 Å². The van der Waals surface area contributed by atoms with Gasteiger partial charge in [0, 0.05) is 12.7 Å². The van der Waals surface area contributed by atoms with Crippen molar-refractivity contribution in [2.75, 3.05) is 11.3 Å². The number of aldehydes is 1. The number of nitrogens with zero attached hydrogens (tertiary/aromatic N) is 2. The molecule has 0 aliphatic carbocycles. The number of hydrogen-bond acceptors (Lipinski definition) is 6. The highest BCUT2D eigenvalue weighted by Crippen LogP contribution is 2.19. The molecule has 3 rings (SSSR count). The Kier molecular flexibility index (Phi) is 10.4. The smallest absolute Gasteiger partial charge is 0.275 e. The van der Waals surface area contributed by atoms with Crippen LogP contribution in [0.1, 0.15) is 24.0 Å². The molecule has 0 aliphatic rings. The van der Waals surface area contributed by atoms with Gasteiger partial charge in [0.15, 0.2) is 5.96 Å². The van der Waals surface area contributed by atoms with E-state index in [0.29, 0.717) is 44.1 Å². The van der Waals surface area contributed by atoms with Crippen molar-refractivity contribution in [2.45, 2.75) is 43.2 Å². The molecule has 0 fully saturated rings. The molecule has 0 saturated carbocycles. The molecule has 6 N–H and O–H groups in total. The van der Waals surface area contributed by atoms with E-state index in [1.54, 1.807) is 24.3 Å². The van der Waals surface area contributed by atoms with Crippen molar-refractivity contribution in [3.05, 3.63) is 94.4 Å². The number of rotatable bonds is 14. The molecule has 3 aromatic rings. The van der Waals surface area contributed by atoms with Gasteiger partial charge < -0.3 is 26.1 Å². The number of carbonyl (C=O) groups excluding carboxylic acids is 2. The van der Waals surface area contributed by atoms with Crippen LogP contribution in [-0.2, 0) is 39.0 Å². The molecule has 12 heteroatoms. The number of aliphatic imine (C=N–C) groups is 1. The van der Waals surface area contributed by atoms with Gasteiger partial charge in [-0.15, -0.1) is 0 Å². The first-order valence-electron chi connectivity index (χ1n) is 12.3. The van der Waals surface area contributed by atoms with E-state index < -0.39 is 34.1 Å². The number of guanidine groups is 1. The van der Waals surface area contributed by atoms with Crippen molar-refractivity contribution in [3.63, 3.8) is 0 Å². The van der Waals surface area contributed by atoms with E-state index in [0.717, 1.165) is 10.1 Å². The summed E-state index contributed by atoms with van der Waals surface area (Å²) in [6.07, 6.45) is 3.78. The summed E-state index contributed by atoms with van der Waals surface area (Å²) in [7, 11) is -4.07. The van der Waals surface area contributed by atoms with Crippen molar-refractivity contribution in [1.82, 2.24) is 9.88 Å². The lowest BCUT2D eigenvalue weighted by Gasteiger charge is -2.16. The molecular weight excluding hydrogens is 520 g/mol. The highest BCUT2D eigenvalue weighted by atomic mass is 32.2. The number of pyridine rings is 1. The van der Waals surface area contributed by atoms with Crippen molar-refractivity contribution in [2.24, 2.45) is 16.5 Å². The Labute approximate surface area is 227 Å². The van der Waals surface area contributed by atoms with Gasteiger partial charge in [-0.1, -0.05) is 48.5 Å². The molecule has 0 radical (unpaired) electrons. The molecule has 1 atom stereocenters. The first-order valence-corrected chi connectivity index (χ1v) is 13.8. The van der Waals surface area contributed by atoms with E-state index in [1.165, 1.54) is 18.3 Å². The van der Waals surface area contributed by atoms with Crippen molar-refractivity contribution in [1.29, 1.82) is 0 Å². The van der Waals surface area contributed by atoms with Gasteiger partial charge >= 0.3 is 0 Å². The van der Waals surface area contributed by atoms with Crippen LogP contribution >= 0.6 is 0 Å². The number of hydrogen-bond donors (Lipinski definition) is 4. The third-order valence-electron chi connectivity index (χ3n) is 5.86. The number of aromatic nitrogens is 1. The van der Waals surface area contributed by atoms with Gasteiger partial charge in [-0.05, 0) is 55.0 Å². The normalized spacial score (nSPS) is 11.8. The van der Waals surface area contributed by atoms with Crippen LogP contribution in [0.2, 0.25) is 0 Å². The maximum absolute atomic E-state index is 13.4. The van der Waals surface area contributed by atoms with Gasteiger partial charge in [0.05, 0.1) is 10.9 Å². The highest BCUT2D eigenvalue weighted by molar-refractivity contribution is 7.92. The zero-order valence-corrected chi connectivity index (χ0v) is 22.1.